The summed E-state index contributed by atoms with van der Waals surface area (Å²) in [4.78, 5) is 0. The zero-order valence-corrected chi connectivity index (χ0v) is 12.2. The topological polar surface area (TPSA) is 33.4 Å². The van der Waals surface area contributed by atoms with Crippen molar-refractivity contribution in [3.05, 3.63) is 70.2 Å². The molecule has 4 heteroatoms. The van der Waals surface area contributed by atoms with E-state index < -0.39 is 11.9 Å². The summed E-state index contributed by atoms with van der Waals surface area (Å²) in [5.41, 5.74) is 1.81. The lowest BCUT2D eigenvalue weighted by Crippen LogP contribution is -2.04. The van der Waals surface area contributed by atoms with Crippen molar-refractivity contribution in [2.24, 2.45) is 0 Å². The maximum atomic E-state index is 14.0. The van der Waals surface area contributed by atoms with E-state index in [9.17, 15) is 9.50 Å². The third kappa shape index (κ3) is 2.55. The van der Waals surface area contributed by atoms with Gasteiger partial charge in [0.1, 0.15) is 17.2 Å². The van der Waals surface area contributed by atoms with E-state index in [1.54, 1.807) is 19.1 Å². The van der Waals surface area contributed by atoms with Crippen LogP contribution in [0.4, 0.5) is 4.39 Å². The first-order chi connectivity index (χ1) is 10.1. The van der Waals surface area contributed by atoms with Gasteiger partial charge in [0, 0.05) is 17.4 Å². The number of aryl methyl sites for hydroxylation is 1. The van der Waals surface area contributed by atoms with E-state index in [0.717, 1.165) is 11.0 Å². The average Bonchev–Trinajstić information content (AvgIpc) is 2.79. The highest BCUT2D eigenvalue weighted by molar-refractivity contribution is 6.30. The number of rotatable bonds is 3. The Balaban J connectivity index is 1.99. The van der Waals surface area contributed by atoms with Crippen molar-refractivity contribution in [2.75, 3.05) is 0 Å². The van der Waals surface area contributed by atoms with Crippen molar-refractivity contribution in [1.82, 2.24) is 0 Å². The summed E-state index contributed by atoms with van der Waals surface area (Å²) in [6.07, 6.45) is -0.696. The molecule has 0 saturated heterocycles. The molecule has 21 heavy (non-hydrogen) atoms. The molecule has 0 aliphatic heterocycles. The molecule has 3 aromatic rings. The van der Waals surface area contributed by atoms with Crippen LogP contribution in [0.25, 0.3) is 11.0 Å². The van der Waals surface area contributed by atoms with Gasteiger partial charge in [0.25, 0.3) is 0 Å². The van der Waals surface area contributed by atoms with Gasteiger partial charge in [0.2, 0.25) is 0 Å². The molecule has 2 nitrogen and oxygen atoms in total. The Bertz CT molecular complexity index is 795. The molecule has 1 aromatic heterocycles. The van der Waals surface area contributed by atoms with Crippen LogP contribution in [0.5, 0.6) is 0 Å². The minimum atomic E-state index is -0.846. The number of hydrogen-bond donors (Lipinski definition) is 1. The van der Waals surface area contributed by atoms with E-state index in [4.69, 9.17) is 16.0 Å². The zero-order valence-electron chi connectivity index (χ0n) is 11.4. The molecule has 1 heterocycles. The first kappa shape index (κ1) is 14.1. The molecule has 0 aliphatic carbocycles. The predicted octanol–water partition coefficient (Wildman–Crippen LogP) is 4.81. The van der Waals surface area contributed by atoms with Crippen LogP contribution in [-0.4, -0.2) is 5.11 Å². The van der Waals surface area contributed by atoms with Gasteiger partial charge in [-0.1, -0.05) is 41.9 Å². The van der Waals surface area contributed by atoms with Gasteiger partial charge in [-0.05, 0) is 24.6 Å². The monoisotopic (exact) mass is 304 g/mol. The summed E-state index contributed by atoms with van der Waals surface area (Å²) in [7, 11) is 0. The lowest BCUT2D eigenvalue weighted by molar-refractivity contribution is 0.176. The Morgan fingerprint density at radius 2 is 1.95 bits per heavy atom. The summed E-state index contributed by atoms with van der Waals surface area (Å²) in [6.45, 7) is 1.80. The van der Waals surface area contributed by atoms with Gasteiger partial charge in [0.15, 0.2) is 0 Å². The Morgan fingerprint density at radius 1 is 1.19 bits per heavy atom. The third-order valence-corrected chi connectivity index (χ3v) is 3.89. The average molecular weight is 305 g/mol. The fourth-order valence-corrected chi connectivity index (χ4v) is 2.81. The largest absolute Gasteiger partial charge is 0.461 e. The van der Waals surface area contributed by atoms with E-state index in [0.29, 0.717) is 16.9 Å². The SMILES string of the molecule is Cc1oc2ccccc2c1C(O)Cc1cccc(Cl)c1F. The summed E-state index contributed by atoms with van der Waals surface area (Å²) >= 11 is 5.77. The Labute approximate surface area is 126 Å². The van der Waals surface area contributed by atoms with Crippen molar-refractivity contribution < 1.29 is 13.9 Å². The Hall–Kier alpha value is -1.84. The first-order valence-electron chi connectivity index (χ1n) is 6.67. The summed E-state index contributed by atoms with van der Waals surface area (Å²) < 4.78 is 19.6. The molecule has 0 saturated carbocycles. The molecular formula is C17H14ClFO2. The Morgan fingerprint density at radius 3 is 2.76 bits per heavy atom. The number of aliphatic hydroxyl groups is 1. The quantitative estimate of drug-likeness (QED) is 0.753. The summed E-state index contributed by atoms with van der Waals surface area (Å²) in [5, 5.41) is 11.4. The highest BCUT2D eigenvalue weighted by Gasteiger charge is 2.20. The molecule has 0 fully saturated rings. The van der Waals surface area contributed by atoms with Gasteiger partial charge in [0.05, 0.1) is 11.1 Å². The third-order valence-electron chi connectivity index (χ3n) is 3.60. The summed E-state index contributed by atoms with van der Waals surface area (Å²) in [5.74, 6) is 0.162. The number of aliphatic hydroxyl groups excluding tert-OH is 1. The number of furan rings is 1. The standard InChI is InChI=1S/C17H14ClFO2/c1-10-16(12-6-2-3-8-15(12)21-10)14(20)9-11-5-4-7-13(18)17(11)19/h2-8,14,20H,9H2,1H3. The van der Waals surface area contributed by atoms with E-state index in [1.165, 1.54) is 6.07 Å². The molecule has 0 bridgehead atoms. The van der Waals surface area contributed by atoms with Crippen LogP contribution in [0, 0.1) is 12.7 Å². The molecule has 108 valence electrons. The number of benzene rings is 2. The van der Waals surface area contributed by atoms with Crippen LogP contribution in [0.1, 0.15) is 23.0 Å². The zero-order chi connectivity index (χ0) is 15.0. The molecule has 0 radical (unpaired) electrons. The van der Waals surface area contributed by atoms with E-state index in [1.807, 2.05) is 24.3 Å². The van der Waals surface area contributed by atoms with Crippen molar-refractivity contribution in [3.8, 4) is 0 Å². The van der Waals surface area contributed by atoms with Crippen molar-refractivity contribution >= 4 is 22.6 Å². The predicted molar refractivity (Wildman–Crippen MR) is 81.0 cm³/mol. The fraction of sp³-hybridized carbons (Fsp3) is 0.176. The molecule has 1 atom stereocenters. The number of para-hydroxylation sites is 1. The second-order valence-electron chi connectivity index (χ2n) is 5.00. The summed E-state index contributed by atoms with van der Waals surface area (Å²) in [6, 6.07) is 12.3. The van der Waals surface area contributed by atoms with E-state index in [2.05, 4.69) is 0 Å². The molecular weight excluding hydrogens is 291 g/mol. The van der Waals surface area contributed by atoms with Crippen LogP contribution in [0.15, 0.2) is 46.9 Å². The minimum absolute atomic E-state index is 0.0634. The minimum Gasteiger partial charge on any atom is -0.461 e. The smallest absolute Gasteiger partial charge is 0.145 e. The highest BCUT2D eigenvalue weighted by Crippen LogP contribution is 2.33. The molecule has 0 spiro atoms. The normalized spacial score (nSPS) is 12.8. The first-order valence-corrected chi connectivity index (χ1v) is 7.04. The number of hydrogen-bond acceptors (Lipinski definition) is 2. The molecule has 2 aromatic carbocycles. The molecule has 1 unspecified atom stereocenters. The Kier molecular flexibility index (Phi) is 3.70. The van der Waals surface area contributed by atoms with Crippen molar-refractivity contribution in [2.45, 2.75) is 19.4 Å². The lowest BCUT2D eigenvalue weighted by atomic mass is 9.98. The van der Waals surface area contributed by atoms with Crippen LogP contribution >= 0.6 is 11.6 Å². The van der Waals surface area contributed by atoms with Crippen LogP contribution in [0.3, 0.4) is 0 Å². The van der Waals surface area contributed by atoms with Crippen molar-refractivity contribution in [1.29, 1.82) is 0 Å². The second-order valence-corrected chi connectivity index (χ2v) is 5.41. The van der Waals surface area contributed by atoms with Gasteiger partial charge in [-0.3, -0.25) is 0 Å². The lowest BCUT2D eigenvalue weighted by Gasteiger charge is -2.12. The van der Waals surface area contributed by atoms with E-state index >= 15 is 0 Å². The van der Waals surface area contributed by atoms with E-state index in [-0.39, 0.29) is 11.4 Å². The van der Waals surface area contributed by atoms with Gasteiger partial charge in [-0.15, -0.1) is 0 Å². The van der Waals surface area contributed by atoms with Gasteiger partial charge in [-0.2, -0.15) is 0 Å². The number of halogens is 2. The molecule has 0 aliphatic rings. The van der Waals surface area contributed by atoms with Gasteiger partial charge >= 0.3 is 0 Å². The van der Waals surface area contributed by atoms with Crippen LogP contribution in [-0.2, 0) is 6.42 Å². The van der Waals surface area contributed by atoms with Crippen molar-refractivity contribution in [3.63, 3.8) is 0 Å². The van der Waals surface area contributed by atoms with Gasteiger partial charge in [-0.25, -0.2) is 4.39 Å². The number of fused-ring (bicyclic) bond motifs is 1. The molecule has 0 amide bonds. The van der Waals surface area contributed by atoms with Crippen LogP contribution in [0.2, 0.25) is 5.02 Å². The maximum Gasteiger partial charge on any atom is 0.145 e. The fourth-order valence-electron chi connectivity index (χ4n) is 2.62. The second kappa shape index (κ2) is 5.51. The molecule has 1 N–H and O–H groups in total. The highest BCUT2D eigenvalue weighted by atomic mass is 35.5. The molecule has 3 rings (SSSR count). The van der Waals surface area contributed by atoms with Gasteiger partial charge < -0.3 is 9.52 Å². The van der Waals surface area contributed by atoms with Crippen LogP contribution < -0.4 is 0 Å². The maximum absolute atomic E-state index is 14.0.